The molecular weight excluding hydrogens is 348 g/mol. The molecule has 0 aromatic heterocycles. The third-order valence-corrected chi connectivity index (χ3v) is 6.31. The summed E-state index contributed by atoms with van der Waals surface area (Å²) in [6.45, 7) is 3.13. The Bertz CT molecular complexity index is 860. The molecule has 1 aliphatic rings. The SMILES string of the molecule is Cc1ccccc1S(=O)(=O)N[C@@H](Cc1ccccc1)C(=O)N1CCCC1. The average molecular weight is 372 g/mol. The first-order chi connectivity index (χ1) is 12.5. The van der Waals surface area contributed by atoms with Gasteiger partial charge in [0.25, 0.3) is 0 Å². The van der Waals surface area contributed by atoms with E-state index < -0.39 is 16.1 Å². The molecule has 1 fully saturated rings. The van der Waals surface area contributed by atoms with E-state index >= 15 is 0 Å². The lowest BCUT2D eigenvalue weighted by Gasteiger charge is -2.24. The summed E-state index contributed by atoms with van der Waals surface area (Å²) in [7, 11) is -3.78. The highest BCUT2D eigenvalue weighted by atomic mass is 32.2. The van der Waals surface area contributed by atoms with E-state index in [9.17, 15) is 13.2 Å². The minimum absolute atomic E-state index is 0.150. The highest BCUT2D eigenvalue weighted by Crippen LogP contribution is 2.17. The van der Waals surface area contributed by atoms with E-state index in [1.54, 1.807) is 36.1 Å². The molecule has 1 N–H and O–H groups in total. The van der Waals surface area contributed by atoms with Gasteiger partial charge in [0.1, 0.15) is 6.04 Å². The lowest BCUT2D eigenvalue weighted by Crippen LogP contribution is -2.48. The van der Waals surface area contributed by atoms with Crippen LogP contribution < -0.4 is 4.72 Å². The van der Waals surface area contributed by atoms with E-state index in [1.165, 1.54) is 0 Å². The smallest absolute Gasteiger partial charge is 0.241 e. The van der Waals surface area contributed by atoms with Gasteiger partial charge in [-0.05, 0) is 43.4 Å². The van der Waals surface area contributed by atoms with Crippen LogP contribution in [0.25, 0.3) is 0 Å². The molecule has 1 heterocycles. The van der Waals surface area contributed by atoms with Crippen LogP contribution in [0.3, 0.4) is 0 Å². The number of sulfonamides is 1. The number of carbonyl (C=O) groups is 1. The Balaban J connectivity index is 1.87. The summed E-state index contributed by atoms with van der Waals surface area (Å²) in [6, 6.07) is 15.5. The van der Waals surface area contributed by atoms with Crippen molar-refractivity contribution in [3.05, 3.63) is 65.7 Å². The number of carbonyl (C=O) groups excluding carboxylic acids is 1. The number of hydrogen-bond acceptors (Lipinski definition) is 3. The van der Waals surface area contributed by atoms with Crippen LogP contribution in [0.4, 0.5) is 0 Å². The van der Waals surface area contributed by atoms with Crippen molar-refractivity contribution in [3.8, 4) is 0 Å². The predicted octanol–water partition coefficient (Wildman–Crippen LogP) is 2.51. The van der Waals surface area contributed by atoms with E-state index in [0.29, 0.717) is 25.1 Å². The van der Waals surface area contributed by atoms with Gasteiger partial charge in [-0.25, -0.2) is 8.42 Å². The van der Waals surface area contributed by atoms with E-state index in [-0.39, 0.29) is 10.8 Å². The molecule has 0 saturated carbocycles. The Hall–Kier alpha value is -2.18. The number of rotatable bonds is 6. The maximum Gasteiger partial charge on any atom is 0.241 e. The average Bonchev–Trinajstić information content (AvgIpc) is 3.16. The van der Waals surface area contributed by atoms with E-state index in [0.717, 1.165) is 18.4 Å². The molecule has 6 heteroatoms. The zero-order valence-electron chi connectivity index (χ0n) is 14.9. The van der Waals surface area contributed by atoms with E-state index in [4.69, 9.17) is 0 Å². The van der Waals surface area contributed by atoms with Crippen LogP contribution in [0.15, 0.2) is 59.5 Å². The number of nitrogens with zero attached hydrogens (tertiary/aromatic N) is 1. The minimum Gasteiger partial charge on any atom is -0.341 e. The molecular formula is C20H24N2O3S. The number of likely N-dealkylation sites (tertiary alicyclic amines) is 1. The Morgan fingerprint density at radius 2 is 1.65 bits per heavy atom. The second-order valence-electron chi connectivity index (χ2n) is 6.66. The van der Waals surface area contributed by atoms with Crippen molar-refractivity contribution in [1.29, 1.82) is 0 Å². The highest BCUT2D eigenvalue weighted by molar-refractivity contribution is 7.89. The van der Waals surface area contributed by atoms with Gasteiger partial charge >= 0.3 is 0 Å². The standard InChI is InChI=1S/C20H24N2O3S/c1-16-9-5-6-12-19(16)26(24,25)21-18(15-17-10-3-2-4-11-17)20(23)22-13-7-8-14-22/h2-6,9-12,18,21H,7-8,13-15H2,1H3/t18-/m0/s1. The quantitative estimate of drug-likeness (QED) is 0.847. The third-order valence-electron chi connectivity index (χ3n) is 4.68. The molecule has 0 radical (unpaired) electrons. The molecule has 0 bridgehead atoms. The Kier molecular flexibility index (Phi) is 5.74. The van der Waals surface area contributed by atoms with Gasteiger partial charge in [-0.15, -0.1) is 0 Å². The summed E-state index contributed by atoms with van der Waals surface area (Å²) in [4.78, 5) is 14.9. The van der Waals surface area contributed by atoms with Crippen molar-refractivity contribution in [2.45, 2.75) is 37.1 Å². The molecule has 1 saturated heterocycles. The lowest BCUT2D eigenvalue weighted by molar-refractivity contribution is -0.131. The normalized spacial score (nSPS) is 15.8. The second kappa shape index (κ2) is 8.01. The maximum atomic E-state index is 12.9. The lowest BCUT2D eigenvalue weighted by atomic mass is 10.1. The number of aryl methyl sites for hydroxylation is 1. The highest BCUT2D eigenvalue weighted by Gasteiger charge is 2.31. The molecule has 2 aromatic carbocycles. The predicted molar refractivity (Wildman–Crippen MR) is 101 cm³/mol. The Morgan fingerprint density at radius 1 is 1.04 bits per heavy atom. The van der Waals surface area contributed by atoms with Crippen LogP contribution in [0.2, 0.25) is 0 Å². The van der Waals surface area contributed by atoms with Crippen LogP contribution in [0.1, 0.15) is 24.0 Å². The summed E-state index contributed by atoms with van der Waals surface area (Å²) in [5, 5.41) is 0. The largest absolute Gasteiger partial charge is 0.341 e. The van der Waals surface area contributed by atoms with Gasteiger partial charge in [0.15, 0.2) is 0 Å². The summed E-state index contributed by atoms with van der Waals surface area (Å²) in [6.07, 6.45) is 2.27. The molecule has 0 aliphatic carbocycles. The van der Waals surface area contributed by atoms with Gasteiger partial charge in [0.2, 0.25) is 15.9 Å². The van der Waals surface area contributed by atoms with Gasteiger partial charge in [-0.1, -0.05) is 48.5 Å². The molecule has 1 atom stereocenters. The van der Waals surface area contributed by atoms with Crippen molar-refractivity contribution in [3.63, 3.8) is 0 Å². The zero-order valence-corrected chi connectivity index (χ0v) is 15.7. The van der Waals surface area contributed by atoms with Gasteiger partial charge in [0, 0.05) is 13.1 Å². The third kappa shape index (κ3) is 4.31. The summed E-state index contributed by atoms with van der Waals surface area (Å²) in [5.41, 5.74) is 1.59. The molecule has 138 valence electrons. The van der Waals surface area contributed by atoms with E-state index in [2.05, 4.69) is 4.72 Å². The van der Waals surface area contributed by atoms with Gasteiger partial charge in [-0.2, -0.15) is 4.72 Å². The first-order valence-corrected chi connectivity index (χ1v) is 10.4. The van der Waals surface area contributed by atoms with Crippen LogP contribution in [0, 0.1) is 6.92 Å². The van der Waals surface area contributed by atoms with Crippen molar-refractivity contribution in [2.24, 2.45) is 0 Å². The van der Waals surface area contributed by atoms with Crippen LogP contribution in [-0.4, -0.2) is 38.4 Å². The zero-order chi connectivity index (χ0) is 18.6. The van der Waals surface area contributed by atoms with Crippen LogP contribution in [0.5, 0.6) is 0 Å². The van der Waals surface area contributed by atoms with E-state index in [1.807, 2.05) is 30.3 Å². The molecule has 5 nitrogen and oxygen atoms in total. The van der Waals surface area contributed by atoms with Gasteiger partial charge in [0.05, 0.1) is 4.90 Å². The van der Waals surface area contributed by atoms with Crippen molar-refractivity contribution >= 4 is 15.9 Å². The fourth-order valence-corrected chi connectivity index (χ4v) is 4.73. The van der Waals surface area contributed by atoms with Crippen LogP contribution in [-0.2, 0) is 21.2 Å². The van der Waals surface area contributed by atoms with Crippen molar-refractivity contribution in [2.75, 3.05) is 13.1 Å². The summed E-state index contributed by atoms with van der Waals surface area (Å²) in [5.74, 6) is -0.150. The fourth-order valence-electron chi connectivity index (χ4n) is 3.30. The summed E-state index contributed by atoms with van der Waals surface area (Å²) < 4.78 is 28.4. The number of nitrogens with one attached hydrogen (secondary N) is 1. The monoisotopic (exact) mass is 372 g/mol. The Morgan fingerprint density at radius 3 is 2.31 bits per heavy atom. The molecule has 26 heavy (non-hydrogen) atoms. The van der Waals surface area contributed by atoms with Gasteiger partial charge in [-0.3, -0.25) is 4.79 Å². The first kappa shape index (κ1) is 18.6. The number of amides is 1. The molecule has 1 amide bonds. The molecule has 3 rings (SSSR count). The molecule has 0 unspecified atom stereocenters. The van der Waals surface area contributed by atoms with Gasteiger partial charge < -0.3 is 4.90 Å². The first-order valence-electron chi connectivity index (χ1n) is 8.88. The topological polar surface area (TPSA) is 66.5 Å². The molecule has 0 spiro atoms. The maximum absolute atomic E-state index is 12.9. The second-order valence-corrected chi connectivity index (χ2v) is 8.34. The summed E-state index contributed by atoms with van der Waals surface area (Å²) >= 11 is 0. The van der Waals surface area contributed by atoms with Crippen molar-refractivity contribution in [1.82, 2.24) is 9.62 Å². The van der Waals surface area contributed by atoms with Crippen LogP contribution >= 0.6 is 0 Å². The van der Waals surface area contributed by atoms with Crippen molar-refractivity contribution < 1.29 is 13.2 Å². The molecule has 2 aromatic rings. The Labute approximate surface area is 155 Å². The fraction of sp³-hybridized carbons (Fsp3) is 0.350. The minimum atomic E-state index is -3.78. The number of benzene rings is 2. The molecule has 1 aliphatic heterocycles. The number of hydrogen-bond donors (Lipinski definition) is 1.